The van der Waals surface area contributed by atoms with Crippen molar-refractivity contribution in [3.8, 4) is 0 Å². The van der Waals surface area contributed by atoms with Crippen molar-refractivity contribution >= 4 is 17.7 Å². The zero-order chi connectivity index (χ0) is 21.6. The summed E-state index contributed by atoms with van der Waals surface area (Å²) in [6, 6.07) is 1.70. The van der Waals surface area contributed by atoms with Gasteiger partial charge in [0.15, 0.2) is 0 Å². The van der Waals surface area contributed by atoms with Crippen molar-refractivity contribution in [3.63, 3.8) is 0 Å². The molecule has 0 bridgehead atoms. The molecule has 2 unspecified atom stereocenters. The SMILES string of the molecule is CCOC=C(C(=O)OCC)C(=O)c1cc(F)c(C2CCC(NC(C)=O)C2)cc1F. The van der Waals surface area contributed by atoms with E-state index in [1.165, 1.54) is 6.92 Å². The highest BCUT2D eigenvalue weighted by atomic mass is 19.1. The number of nitrogens with one attached hydrogen (secondary N) is 1. The Labute approximate surface area is 168 Å². The first-order valence-electron chi connectivity index (χ1n) is 9.58. The van der Waals surface area contributed by atoms with Gasteiger partial charge in [-0.15, -0.1) is 0 Å². The first-order chi connectivity index (χ1) is 13.8. The number of rotatable bonds is 8. The van der Waals surface area contributed by atoms with E-state index in [9.17, 15) is 23.2 Å². The molecule has 1 fully saturated rings. The molecule has 1 aromatic rings. The van der Waals surface area contributed by atoms with Crippen molar-refractivity contribution in [2.75, 3.05) is 13.2 Å². The second-order valence-electron chi connectivity index (χ2n) is 6.80. The Hall–Kier alpha value is -2.77. The third-order valence-corrected chi connectivity index (χ3v) is 4.72. The topological polar surface area (TPSA) is 81.7 Å². The van der Waals surface area contributed by atoms with Crippen molar-refractivity contribution in [1.82, 2.24) is 5.32 Å². The van der Waals surface area contributed by atoms with E-state index in [2.05, 4.69) is 5.32 Å². The number of amides is 1. The van der Waals surface area contributed by atoms with Crippen LogP contribution in [0.4, 0.5) is 8.78 Å². The minimum Gasteiger partial charge on any atom is -0.500 e. The van der Waals surface area contributed by atoms with Crippen molar-refractivity contribution in [2.45, 2.75) is 52.0 Å². The average Bonchev–Trinajstić information content (AvgIpc) is 3.11. The molecule has 158 valence electrons. The van der Waals surface area contributed by atoms with Crippen molar-refractivity contribution in [1.29, 1.82) is 0 Å². The Balaban J connectivity index is 2.29. The van der Waals surface area contributed by atoms with E-state index in [4.69, 9.17) is 9.47 Å². The lowest BCUT2D eigenvalue weighted by Crippen LogP contribution is -2.30. The third kappa shape index (κ3) is 5.62. The largest absolute Gasteiger partial charge is 0.500 e. The molecule has 0 aromatic heterocycles. The lowest BCUT2D eigenvalue weighted by Gasteiger charge is -2.15. The molecule has 1 saturated carbocycles. The number of halogens is 2. The molecular formula is C21H25F2NO5. The van der Waals surface area contributed by atoms with Crippen LogP contribution in [-0.2, 0) is 19.1 Å². The second-order valence-corrected chi connectivity index (χ2v) is 6.80. The maximum atomic E-state index is 14.7. The van der Waals surface area contributed by atoms with Gasteiger partial charge in [-0.05, 0) is 56.7 Å². The summed E-state index contributed by atoms with van der Waals surface area (Å²) < 4.78 is 39.2. The first kappa shape index (κ1) is 22.5. The molecule has 0 aliphatic heterocycles. The normalized spacial score (nSPS) is 19.0. The molecule has 6 nitrogen and oxygen atoms in total. The quantitative estimate of drug-likeness (QED) is 0.178. The Bertz CT molecular complexity index is 822. The van der Waals surface area contributed by atoms with Crippen molar-refractivity contribution in [3.05, 3.63) is 46.7 Å². The van der Waals surface area contributed by atoms with Gasteiger partial charge in [-0.1, -0.05) is 0 Å². The Kier molecular flexibility index (Phi) is 7.87. The van der Waals surface area contributed by atoms with Crippen LogP contribution in [0.5, 0.6) is 0 Å². The van der Waals surface area contributed by atoms with Gasteiger partial charge in [-0.3, -0.25) is 9.59 Å². The summed E-state index contributed by atoms with van der Waals surface area (Å²) >= 11 is 0. The fourth-order valence-corrected chi connectivity index (χ4v) is 3.45. The molecule has 0 radical (unpaired) electrons. The zero-order valence-electron chi connectivity index (χ0n) is 16.7. The predicted octanol–water partition coefficient (Wildman–Crippen LogP) is 3.40. The van der Waals surface area contributed by atoms with Crippen LogP contribution in [0.15, 0.2) is 24.0 Å². The van der Waals surface area contributed by atoms with Gasteiger partial charge >= 0.3 is 5.97 Å². The maximum absolute atomic E-state index is 14.7. The van der Waals surface area contributed by atoms with E-state index in [1.54, 1.807) is 13.8 Å². The third-order valence-electron chi connectivity index (χ3n) is 4.72. The summed E-state index contributed by atoms with van der Waals surface area (Å²) in [5.74, 6) is -4.08. The zero-order valence-corrected chi connectivity index (χ0v) is 16.7. The van der Waals surface area contributed by atoms with Crippen LogP contribution in [-0.4, -0.2) is 36.9 Å². The summed E-state index contributed by atoms with van der Waals surface area (Å²) in [7, 11) is 0. The van der Waals surface area contributed by atoms with Gasteiger partial charge in [-0.2, -0.15) is 0 Å². The summed E-state index contributed by atoms with van der Waals surface area (Å²) in [5, 5.41) is 2.78. The molecule has 1 N–H and O–H groups in total. The van der Waals surface area contributed by atoms with Crippen molar-refractivity contribution < 1.29 is 32.6 Å². The molecule has 1 aliphatic carbocycles. The van der Waals surface area contributed by atoms with E-state index in [1.807, 2.05) is 0 Å². The van der Waals surface area contributed by atoms with Crippen LogP contribution in [0.2, 0.25) is 0 Å². The number of benzene rings is 1. The fraction of sp³-hybridized carbons (Fsp3) is 0.476. The van der Waals surface area contributed by atoms with Crippen LogP contribution >= 0.6 is 0 Å². The molecule has 0 heterocycles. The molecular weight excluding hydrogens is 384 g/mol. The molecule has 2 rings (SSSR count). The molecule has 0 spiro atoms. The molecule has 2 atom stereocenters. The molecule has 1 aromatic carbocycles. The number of esters is 1. The van der Waals surface area contributed by atoms with E-state index >= 15 is 0 Å². The van der Waals surface area contributed by atoms with Gasteiger partial charge in [0.1, 0.15) is 23.5 Å². The highest BCUT2D eigenvalue weighted by molar-refractivity contribution is 6.24. The lowest BCUT2D eigenvalue weighted by atomic mass is 9.93. The van der Waals surface area contributed by atoms with Crippen molar-refractivity contribution in [2.24, 2.45) is 0 Å². The van der Waals surface area contributed by atoms with Crippen LogP contribution in [0.25, 0.3) is 0 Å². The van der Waals surface area contributed by atoms with Crippen LogP contribution in [0.1, 0.15) is 61.9 Å². The number of ether oxygens (including phenoxy) is 2. The number of hydrogen-bond acceptors (Lipinski definition) is 5. The van der Waals surface area contributed by atoms with Gasteiger partial charge in [0.05, 0.1) is 18.8 Å². The summed E-state index contributed by atoms with van der Waals surface area (Å²) in [6.45, 7) is 4.82. The smallest absolute Gasteiger partial charge is 0.345 e. The molecule has 8 heteroatoms. The number of Topliss-reactive ketones (excluding diaryl/α,β-unsaturated/α-hetero) is 1. The first-order valence-corrected chi connectivity index (χ1v) is 9.58. The fourth-order valence-electron chi connectivity index (χ4n) is 3.45. The predicted molar refractivity (Wildman–Crippen MR) is 101 cm³/mol. The second kappa shape index (κ2) is 10.1. The maximum Gasteiger partial charge on any atom is 0.345 e. The van der Waals surface area contributed by atoms with Crippen LogP contribution < -0.4 is 5.32 Å². The van der Waals surface area contributed by atoms with E-state index in [0.717, 1.165) is 18.4 Å². The molecule has 1 amide bonds. The van der Waals surface area contributed by atoms with Gasteiger partial charge in [0.2, 0.25) is 11.7 Å². The van der Waals surface area contributed by atoms with Gasteiger partial charge < -0.3 is 14.8 Å². The van der Waals surface area contributed by atoms with Crippen LogP contribution in [0, 0.1) is 11.6 Å². The van der Waals surface area contributed by atoms with E-state index in [0.29, 0.717) is 19.3 Å². The standard InChI is InChI=1S/C21H25F2NO5/c1-4-28-11-17(21(27)29-5-2)20(26)16-10-18(22)15(9-19(16)23)13-6-7-14(8-13)24-12(3)25/h9-11,13-14H,4-8H2,1-3H3,(H,24,25). The van der Waals surface area contributed by atoms with E-state index in [-0.39, 0.29) is 36.6 Å². The Morgan fingerprint density at radius 1 is 1.14 bits per heavy atom. The number of carbonyl (C=O) groups is 3. The molecule has 1 aliphatic rings. The van der Waals surface area contributed by atoms with Crippen LogP contribution in [0.3, 0.4) is 0 Å². The summed E-state index contributed by atoms with van der Waals surface area (Å²) in [5.41, 5.74) is -0.925. The summed E-state index contributed by atoms with van der Waals surface area (Å²) in [4.78, 5) is 35.8. The minimum absolute atomic E-state index is 0.0164. The Morgan fingerprint density at radius 3 is 2.48 bits per heavy atom. The number of ketones is 1. The lowest BCUT2D eigenvalue weighted by molar-refractivity contribution is -0.138. The molecule has 0 saturated heterocycles. The van der Waals surface area contributed by atoms with Gasteiger partial charge in [-0.25, -0.2) is 13.6 Å². The van der Waals surface area contributed by atoms with Gasteiger partial charge in [0, 0.05) is 13.0 Å². The molecule has 29 heavy (non-hydrogen) atoms. The summed E-state index contributed by atoms with van der Waals surface area (Å²) in [6.07, 6.45) is 2.64. The highest BCUT2D eigenvalue weighted by Crippen LogP contribution is 2.36. The van der Waals surface area contributed by atoms with E-state index < -0.39 is 34.5 Å². The Morgan fingerprint density at radius 2 is 1.86 bits per heavy atom. The average molecular weight is 409 g/mol. The number of hydrogen-bond donors (Lipinski definition) is 1. The highest BCUT2D eigenvalue weighted by Gasteiger charge is 2.31. The monoisotopic (exact) mass is 409 g/mol. The van der Waals surface area contributed by atoms with Gasteiger partial charge in [0.25, 0.3) is 0 Å². The number of carbonyl (C=O) groups excluding carboxylic acids is 3. The minimum atomic E-state index is -1.01.